The summed E-state index contributed by atoms with van der Waals surface area (Å²) >= 11 is 0. The van der Waals surface area contributed by atoms with Crippen LogP contribution in [0.2, 0.25) is 0 Å². The Morgan fingerprint density at radius 3 is 2.30 bits per heavy atom. The fourth-order valence-electron chi connectivity index (χ4n) is 2.04. The van der Waals surface area contributed by atoms with Crippen LogP contribution in [0.3, 0.4) is 0 Å². The fourth-order valence-corrected chi connectivity index (χ4v) is 2.04. The first-order valence-electron chi connectivity index (χ1n) is 7.03. The summed E-state index contributed by atoms with van der Waals surface area (Å²) in [6.45, 7) is 1.36. The summed E-state index contributed by atoms with van der Waals surface area (Å²) in [6, 6.07) is 12.8. The standard InChI is InChI=1S/C18H16O5/c1-12(19)14-5-7-17(8-6-14)23-11-16(20)10-13-3-2-4-15(9-13)18(21)22/h2-9H,10-11H2,1H3,(H,21,22). The summed E-state index contributed by atoms with van der Waals surface area (Å²) < 4.78 is 5.38. The molecule has 0 aliphatic heterocycles. The average molecular weight is 312 g/mol. The molecular formula is C18H16O5. The lowest BCUT2D eigenvalue weighted by Crippen LogP contribution is -2.14. The molecule has 2 aromatic rings. The maximum Gasteiger partial charge on any atom is 0.335 e. The topological polar surface area (TPSA) is 80.7 Å². The van der Waals surface area contributed by atoms with E-state index >= 15 is 0 Å². The lowest BCUT2D eigenvalue weighted by molar-refractivity contribution is -0.120. The van der Waals surface area contributed by atoms with E-state index in [0.717, 1.165) is 0 Å². The Bertz CT molecular complexity index is 731. The molecule has 0 bridgehead atoms. The van der Waals surface area contributed by atoms with Gasteiger partial charge in [-0.25, -0.2) is 4.79 Å². The van der Waals surface area contributed by atoms with Gasteiger partial charge in [0.2, 0.25) is 0 Å². The number of ketones is 2. The SMILES string of the molecule is CC(=O)c1ccc(OCC(=O)Cc2cccc(C(=O)O)c2)cc1. The van der Waals surface area contributed by atoms with Crippen LogP contribution in [-0.2, 0) is 11.2 Å². The molecule has 0 spiro atoms. The van der Waals surface area contributed by atoms with Crippen LogP contribution in [0.15, 0.2) is 48.5 Å². The second-order valence-electron chi connectivity index (χ2n) is 5.09. The van der Waals surface area contributed by atoms with E-state index in [1.165, 1.54) is 19.1 Å². The van der Waals surface area contributed by atoms with Crippen LogP contribution < -0.4 is 4.74 Å². The fraction of sp³-hybridized carbons (Fsp3) is 0.167. The van der Waals surface area contributed by atoms with Crippen LogP contribution in [0, 0.1) is 0 Å². The van der Waals surface area contributed by atoms with Gasteiger partial charge in [-0.05, 0) is 48.9 Å². The number of benzene rings is 2. The Balaban J connectivity index is 1.91. The van der Waals surface area contributed by atoms with Crippen LogP contribution >= 0.6 is 0 Å². The third-order valence-corrected chi connectivity index (χ3v) is 3.24. The van der Waals surface area contributed by atoms with Crippen LogP contribution in [0.5, 0.6) is 5.75 Å². The number of carbonyl (C=O) groups excluding carboxylic acids is 2. The molecule has 0 aromatic heterocycles. The van der Waals surface area contributed by atoms with E-state index in [2.05, 4.69) is 0 Å². The number of carboxylic acid groups (broad SMARTS) is 1. The van der Waals surface area contributed by atoms with E-state index in [9.17, 15) is 14.4 Å². The predicted molar refractivity (Wildman–Crippen MR) is 84.1 cm³/mol. The molecule has 0 unspecified atom stereocenters. The summed E-state index contributed by atoms with van der Waals surface area (Å²) in [5.41, 5.74) is 1.36. The third-order valence-electron chi connectivity index (χ3n) is 3.24. The van der Waals surface area contributed by atoms with Gasteiger partial charge in [0.15, 0.2) is 11.6 Å². The molecule has 1 N–H and O–H groups in total. The van der Waals surface area contributed by atoms with Gasteiger partial charge in [0.1, 0.15) is 12.4 Å². The van der Waals surface area contributed by atoms with Gasteiger partial charge < -0.3 is 9.84 Å². The Morgan fingerprint density at radius 1 is 1.00 bits per heavy atom. The summed E-state index contributed by atoms with van der Waals surface area (Å²) in [5, 5.41) is 8.92. The maximum absolute atomic E-state index is 11.9. The molecule has 23 heavy (non-hydrogen) atoms. The van der Waals surface area contributed by atoms with E-state index < -0.39 is 5.97 Å². The molecule has 118 valence electrons. The molecule has 5 heteroatoms. The molecule has 0 aliphatic carbocycles. The molecule has 0 amide bonds. The van der Waals surface area contributed by atoms with Crippen molar-refractivity contribution in [3.05, 3.63) is 65.2 Å². The molecule has 0 radical (unpaired) electrons. The van der Waals surface area contributed by atoms with Crippen molar-refractivity contribution < 1.29 is 24.2 Å². The molecule has 5 nitrogen and oxygen atoms in total. The van der Waals surface area contributed by atoms with E-state index in [4.69, 9.17) is 9.84 Å². The van der Waals surface area contributed by atoms with Crippen molar-refractivity contribution in [1.82, 2.24) is 0 Å². The lowest BCUT2D eigenvalue weighted by Gasteiger charge is -2.06. The minimum absolute atomic E-state index is 0.0362. The summed E-state index contributed by atoms with van der Waals surface area (Å²) in [4.78, 5) is 34.0. The molecule has 0 heterocycles. The highest BCUT2D eigenvalue weighted by molar-refractivity contribution is 5.94. The number of hydrogen-bond donors (Lipinski definition) is 1. The highest BCUT2D eigenvalue weighted by atomic mass is 16.5. The highest BCUT2D eigenvalue weighted by Gasteiger charge is 2.08. The molecule has 0 atom stereocenters. The van der Waals surface area contributed by atoms with Gasteiger partial charge in [-0.15, -0.1) is 0 Å². The Kier molecular flexibility index (Phi) is 5.25. The minimum atomic E-state index is -1.03. The largest absolute Gasteiger partial charge is 0.486 e. The number of carboxylic acids is 1. The van der Waals surface area contributed by atoms with Crippen molar-refractivity contribution >= 4 is 17.5 Å². The quantitative estimate of drug-likeness (QED) is 0.795. The van der Waals surface area contributed by atoms with E-state index in [-0.39, 0.29) is 30.2 Å². The van der Waals surface area contributed by atoms with Crippen LogP contribution in [0.1, 0.15) is 33.2 Å². The van der Waals surface area contributed by atoms with Gasteiger partial charge >= 0.3 is 5.97 Å². The van der Waals surface area contributed by atoms with Crippen LogP contribution in [-0.4, -0.2) is 29.2 Å². The molecule has 0 saturated carbocycles. The van der Waals surface area contributed by atoms with Gasteiger partial charge in [0.25, 0.3) is 0 Å². The van der Waals surface area contributed by atoms with Gasteiger partial charge in [0, 0.05) is 12.0 Å². The number of rotatable bonds is 7. The summed E-state index contributed by atoms with van der Waals surface area (Å²) in [6.07, 6.45) is 0.104. The van der Waals surface area contributed by atoms with Gasteiger partial charge in [-0.1, -0.05) is 12.1 Å². The normalized spacial score (nSPS) is 10.1. The molecule has 2 rings (SSSR count). The first-order valence-corrected chi connectivity index (χ1v) is 7.03. The van der Waals surface area contributed by atoms with Crippen molar-refractivity contribution in [3.8, 4) is 5.75 Å². The number of ether oxygens (including phenoxy) is 1. The Labute approximate surface area is 133 Å². The molecule has 0 aliphatic rings. The number of carbonyl (C=O) groups is 3. The summed E-state index contributed by atoms with van der Waals surface area (Å²) in [5.74, 6) is -0.724. The zero-order valence-corrected chi connectivity index (χ0v) is 12.6. The second-order valence-corrected chi connectivity index (χ2v) is 5.09. The van der Waals surface area contributed by atoms with Crippen LogP contribution in [0.25, 0.3) is 0 Å². The van der Waals surface area contributed by atoms with E-state index in [0.29, 0.717) is 16.9 Å². The smallest absolute Gasteiger partial charge is 0.335 e. The Hall–Kier alpha value is -2.95. The molecule has 0 saturated heterocycles. The second kappa shape index (κ2) is 7.35. The minimum Gasteiger partial charge on any atom is -0.486 e. The van der Waals surface area contributed by atoms with Crippen LogP contribution in [0.4, 0.5) is 0 Å². The van der Waals surface area contributed by atoms with E-state index in [1.807, 2.05) is 0 Å². The first kappa shape index (κ1) is 16.4. The average Bonchev–Trinajstić information content (AvgIpc) is 2.53. The maximum atomic E-state index is 11.9. The predicted octanol–water partition coefficient (Wildman–Crippen LogP) is 2.78. The van der Waals surface area contributed by atoms with E-state index in [1.54, 1.807) is 36.4 Å². The molecular weight excluding hydrogens is 296 g/mol. The van der Waals surface area contributed by atoms with Gasteiger partial charge in [-0.3, -0.25) is 9.59 Å². The zero-order chi connectivity index (χ0) is 16.8. The highest BCUT2D eigenvalue weighted by Crippen LogP contribution is 2.13. The van der Waals surface area contributed by atoms with Crippen molar-refractivity contribution in [2.45, 2.75) is 13.3 Å². The lowest BCUT2D eigenvalue weighted by atomic mass is 10.1. The van der Waals surface area contributed by atoms with Crippen molar-refractivity contribution in [2.24, 2.45) is 0 Å². The van der Waals surface area contributed by atoms with Crippen molar-refractivity contribution in [3.63, 3.8) is 0 Å². The number of Topliss-reactive ketones (excluding diaryl/α,β-unsaturated/α-hetero) is 2. The Morgan fingerprint density at radius 2 is 1.70 bits per heavy atom. The molecule has 0 fully saturated rings. The third kappa shape index (κ3) is 4.78. The van der Waals surface area contributed by atoms with Gasteiger partial charge in [-0.2, -0.15) is 0 Å². The number of hydrogen-bond acceptors (Lipinski definition) is 4. The monoisotopic (exact) mass is 312 g/mol. The first-order chi connectivity index (χ1) is 11.0. The van der Waals surface area contributed by atoms with Crippen molar-refractivity contribution in [2.75, 3.05) is 6.61 Å². The zero-order valence-electron chi connectivity index (χ0n) is 12.6. The molecule has 2 aromatic carbocycles. The number of aromatic carboxylic acids is 1. The van der Waals surface area contributed by atoms with Crippen molar-refractivity contribution in [1.29, 1.82) is 0 Å². The summed E-state index contributed by atoms with van der Waals surface area (Å²) in [7, 11) is 0. The van der Waals surface area contributed by atoms with Gasteiger partial charge in [0.05, 0.1) is 5.56 Å².